The minimum Gasteiger partial charge on any atom is -0.381 e. The normalized spacial score (nSPS) is 27.0. The summed E-state index contributed by atoms with van der Waals surface area (Å²) in [6.07, 6.45) is 4.26. The van der Waals surface area contributed by atoms with Crippen molar-refractivity contribution in [1.82, 2.24) is 25.0 Å². The summed E-state index contributed by atoms with van der Waals surface area (Å²) in [5.41, 5.74) is 0.241. The Hall–Kier alpha value is -0.980. The predicted octanol–water partition coefficient (Wildman–Crippen LogP) is 0.889. The first-order valence-corrected chi connectivity index (χ1v) is 8.07. The van der Waals surface area contributed by atoms with Crippen LogP contribution < -0.4 is 5.32 Å². The molecule has 2 aliphatic rings. The van der Waals surface area contributed by atoms with Crippen LogP contribution in [0.1, 0.15) is 32.5 Å². The zero-order chi connectivity index (χ0) is 14.7. The van der Waals surface area contributed by atoms with E-state index in [0.717, 1.165) is 51.8 Å². The number of nitrogens with one attached hydrogen (secondary N) is 1. The van der Waals surface area contributed by atoms with Gasteiger partial charge in [0, 0.05) is 44.2 Å². The maximum atomic E-state index is 5.81. The van der Waals surface area contributed by atoms with E-state index in [9.17, 15) is 0 Å². The van der Waals surface area contributed by atoms with Crippen molar-refractivity contribution in [3.8, 4) is 0 Å². The third-order valence-corrected chi connectivity index (χ3v) is 4.57. The van der Waals surface area contributed by atoms with Crippen molar-refractivity contribution in [3.63, 3.8) is 0 Å². The third-order valence-electron chi connectivity index (χ3n) is 4.57. The van der Waals surface area contributed by atoms with Crippen molar-refractivity contribution >= 4 is 0 Å². The fourth-order valence-corrected chi connectivity index (χ4v) is 3.38. The number of rotatable bonds is 5. The minimum atomic E-state index is 0.241. The van der Waals surface area contributed by atoms with Gasteiger partial charge in [-0.15, -0.1) is 10.2 Å². The Morgan fingerprint density at radius 2 is 2.33 bits per heavy atom. The summed E-state index contributed by atoms with van der Waals surface area (Å²) in [5, 5.41) is 11.9. The molecular weight excluding hydrogens is 266 g/mol. The van der Waals surface area contributed by atoms with Crippen molar-refractivity contribution in [2.24, 2.45) is 5.41 Å². The average Bonchev–Trinajstić information content (AvgIpc) is 2.94. The zero-order valence-electron chi connectivity index (χ0n) is 13.2. The van der Waals surface area contributed by atoms with Gasteiger partial charge in [0.2, 0.25) is 0 Å². The molecule has 1 saturated heterocycles. The molecule has 1 unspecified atom stereocenters. The van der Waals surface area contributed by atoms with Crippen molar-refractivity contribution < 1.29 is 4.74 Å². The predicted molar refractivity (Wildman–Crippen MR) is 80.9 cm³/mol. The second-order valence-electron chi connectivity index (χ2n) is 6.84. The highest BCUT2D eigenvalue weighted by Gasteiger charge is 2.35. The molecule has 0 aliphatic carbocycles. The molecule has 0 amide bonds. The molecule has 1 aromatic heterocycles. The van der Waals surface area contributed by atoms with Crippen LogP contribution in [0.2, 0.25) is 0 Å². The SMILES string of the molecule is CC(C)NCC1(CN2CCn3cnnc3C2)CCCOC1. The third kappa shape index (κ3) is 3.62. The molecule has 1 atom stereocenters. The molecule has 2 aliphatic heterocycles. The van der Waals surface area contributed by atoms with E-state index in [2.05, 4.69) is 38.8 Å². The Morgan fingerprint density at radius 3 is 3.10 bits per heavy atom. The van der Waals surface area contributed by atoms with Crippen LogP contribution in [0, 0.1) is 5.41 Å². The standard InChI is InChI=1S/C15H27N5O/c1-13(2)16-9-15(4-3-7-21-11-15)10-19-5-6-20-12-17-18-14(20)8-19/h12-13,16H,3-11H2,1-2H3. The lowest BCUT2D eigenvalue weighted by molar-refractivity contribution is -0.0310. The van der Waals surface area contributed by atoms with E-state index >= 15 is 0 Å². The van der Waals surface area contributed by atoms with E-state index in [1.165, 1.54) is 12.8 Å². The Bertz CT molecular complexity index is 453. The smallest absolute Gasteiger partial charge is 0.147 e. The first-order chi connectivity index (χ1) is 10.2. The summed E-state index contributed by atoms with van der Waals surface area (Å²) >= 11 is 0. The molecule has 3 rings (SSSR count). The molecule has 6 nitrogen and oxygen atoms in total. The molecule has 0 bridgehead atoms. The molecule has 1 aromatic rings. The maximum absolute atomic E-state index is 5.81. The van der Waals surface area contributed by atoms with Crippen molar-refractivity contribution in [2.45, 2.75) is 45.8 Å². The molecule has 1 fully saturated rings. The maximum Gasteiger partial charge on any atom is 0.147 e. The molecule has 3 heterocycles. The van der Waals surface area contributed by atoms with Gasteiger partial charge in [-0.1, -0.05) is 13.8 Å². The van der Waals surface area contributed by atoms with Crippen LogP contribution in [-0.4, -0.2) is 58.6 Å². The van der Waals surface area contributed by atoms with Gasteiger partial charge in [-0.05, 0) is 12.8 Å². The highest BCUT2D eigenvalue weighted by molar-refractivity contribution is 4.94. The Morgan fingerprint density at radius 1 is 1.43 bits per heavy atom. The average molecular weight is 293 g/mol. The van der Waals surface area contributed by atoms with Crippen LogP contribution in [0.4, 0.5) is 0 Å². The first kappa shape index (κ1) is 14.9. The molecule has 21 heavy (non-hydrogen) atoms. The zero-order valence-corrected chi connectivity index (χ0v) is 13.2. The summed E-state index contributed by atoms with van der Waals surface area (Å²) < 4.78 is 7.97. The Kier molecular flexibility index (Phi) is 4.57. The number of fused-ring (bicyclic) bond motifs is 1. The lowest BCUT2D eigenvalue weighted by Gasteiger charge is -2.42. The van der Waals surface area contributed by atoms with E-state index < -0.39 is 0 Å². The molecule has 0 radical (unpaired) electrons. The van der Waals surface area contributed by atoms with Crippen LogP contribution in [-0.2, 0) is 17.8 Å². The van der Waals surface area contributed by atoms with Gasteiger partial charge in [0.25, 0.3) is 0 Å². The summed E-state index contributed by atoms with van der Waals surface area (Å²) in [6, 6.07) is 0.522. The number of nitrogens with zero attached hydrogens (tertiary/aromatic N) is 4. The van der Waals surface area contributed by atoms with Gasteiger partial charge in [0.1, 0.15) is 12.2 Å². The first-order valence-electron chi connectivity index (χ1n) is 8.07. The molecule has 118 valence electrons. The van der Waals surface area contributed by atoms with E-state index in [1.807, 2.05) is 6.33 Å². The fraction of sp³-hybridized carbons (Fsp3) is 0.867. The summed E-state index contributed by atoms with van der Waals surface area (Å²) in [7, 11) is 0. The van der Waals surface area contributed by atoms with Gasteiger partial charge in [-0.25, -0.2) is 0 Å². The quantitative estimate of drug-likeness (QED) is 0.874. The van der Waals surface area contributed by atoms with Gasteiger partial charge >= 0.3 is 0 Å². The van der Waals surface area contributed by atoms with Crippen molar-refractivity contribution in [3.05, 3.63) is 12.2 Å². The lowest BCUT2D eigenvalue weighted by atomic mass is 9.81. The van der Waals surface area contributed by atoms with Gasteiger partial charge < -0.3 is 14.6 Å². The molecular formula is C15H27N5O. The largest absolute Gasteiger partial charge is 0.381 e. The Balaban J connectivity index is 1.64. The minimum absolute atomic E-state index is 0.241. The summed E-state index contributed by atoms with van der Waals surface area (Å²) in [6.45, 7) is 11.3. The topological polar surface area (TPSA) is 55.2 Å². The summed E-state index contributed by atoms with van der Waals surface area (Å²) in [4.78, 5) is 2.51. The Labute approximate surface area is 126 Å². The van der Waals surface area contributed by atoms with Gasteiger partial charge in [0.05, 0.1) is 13.2 Å². The molecule has 1 N–H and O–H groups in total. The number of aromatic nitrogens is 3. The number of hydrogen-bond donors (Lipinski definition) is 1. The van der Waals surface area contributed by atoms with Crippen LogP contribution in [0.5, 0.6) is 0 Å². The van der Waals surface area contributed by atoms with Crippen LogP contribution in [0.15, 0.2) is 6.33 Å². The molecule has 6 heteroatoms. The monoisotopic (exact) mass is 293 g/mol. The molecule has 0 aromatic carbocycles. The van der Waals surface area contributed by atoms with E-state index in [-0.39, 0.29) is 5.41 Å². The van der Waals surface area contributed by atoms with Crippen LogP contribution >= 0.6 is 0 Å². The van der Waals surface area contributed by atoms with Gasteiger partial charge in [-0.3, -0.25) is 4.90 Å². The van der Waals surface area contributed by atoms with Crippen LogP contribution in [0.25, 0.3) is 0 Å². The van der Waals surface area contributed by atoms with E-state index in [1.54, 1.807) is 0 Å². The fourth-order valence-electron chi connectivity index (χ4n) is 3.38. The number of hydrogen-bond acceptors (Lipinski definition) is 5. The van der Waals surface area contributed by atoms with Crippen molar-refractivity contribution in [2.75, 3.05) is 32.8 Å². The second kappa shape index (κ2) is 6.42. The van der Waals surface area contributed by atoms with Crippen LogP contribution in [0.3, 0.4) is 0 Å². The number of ether oxygens (including phenoxy) is 1. The highest BCUT2D eigenvalue weighted by Crippen LogP contribution is 2.30. The van der Waals surface area contributed by atoms with E-state index in [0.29, 0.717) is 6.04 Å². The van der Waals surface area contributed by atoms with Gasteiger partial charge in [-0.2, -0.15) is 0 Å². The van der Waals surface area contributed by atoms with Crippen molar-refractivity contribution in [1.29, 1.82) is 0 Å². The molecule has 0 saturated carbocycles. The lowest BCUT2D eigenvalue weighted by Crippen LogP contribution is -2.51. The molecule has 0 spiro atoms. The second-order valence-corrected chi connectivity index (χ2v) is 6.84. The van der Waals surface area contributed by atoms with Gasteiger partial charge in [0.15, 0.2) is 0 Å². The van der Waals surface area contributed by atoms with E-state index in [4.69, 9.17) is 4.74 Å². The highest BCUT2D eigenvalue weighted by atomic mass is 16.5. The summed E-state index contributed by atoms with van der Waals surface area (Å²) in [5.74, 6) is 1.09.